The zero-order valence-corrected chi connectivity index (χ0v) is 14.4. The van der Waals surface area contributed by atoms with E-state index in [1.807, 2.05) is 43.3 Å². The van der Waals surface area contributed by atoms with Crippen LogP contribution in [0.25, 0.3) is 5.82 Å². The van der Waals surface area contributed by atoms with Crippen molar-refractivity contribution in [3.8, 4) is 5.82 Å². The van der Waals surface area contributed by atoms with Gasteiger partial charge in [0.25, 0.3) is 5.56 Å². The minimum Gasteiger partial charge on any atom is -0.444 e. The maximum Gasteiger partial charge on any atom is 0.412 e. The second-order valence-electron chi connectivity index (χ2n) is 5.66. The Morgan fingerprint density at radius 2 is 1.88 bits per heavy atom. The Kier molecular flexibility index (Phi) is 5.43. The molecule has 0 aliphatic heterocycles. The van der Waals surface area contributed by atoms with Crippen molar-refractivity contribution in [2.45, 2.75) is 20.0 Å². The second kappa shape index (κ2) is 8.11. The Bertz CT molecular complexity index is 935. The number of ether oxygens (including phenoxy) is 1. The Labute approximate surface area is 151 Å². The molecular formula is C20H19N3O3. The zero-order chi connectivity index (χ0) is 18.4. The smallest absolute Gasteiger partial charge is 0.412 e. The Morgan fingerprint density at radius 3 is 2.58 bits per heavy atom. The van der Waals surface area contributed by atoms with Crippen molar-refractivity contribution in [2.24, 2.45) is 0 Å². The lowest BCUT2D eigenvalue weighted by atomic mass is 10.2. The van der Waals surface area contributed by atoms with Crippen LogP contribution in [-0.4, -0.2) is 15.6 Å². The molecule has 0 saturated carbocycles. The number of amides is 1. The van der Waals surface area contributed by atoms with Gasteiger partial charge in [0.2, 0.25) is 0 Å². The van der Waals surface area contributed by atoms with E-state index in [1.54, 1.807) is 24.5 Å². The van der Waals surface area contributed by atoms with Gasteiger partial charge in [-0.3, -0.25) is 14.7 Å². The molecule has 0 fully saturated rings. The molecule has 1 N–H and O–H groups in total. The molecule has 0 aliphatic rings. The SMILES string of the molecule is CCc1ccc(-n2cccc(NC(=O)OCc3ccccc3)c2=O)nc1. The summed E-state index contributed by atoms with van der Waals surface area (Å²) in [7, 11) is 0. The number of aryl methyl sites for hydroxylation is 1. The molecule has 2 heterocycles. The summed E-state index contributed by atoms with van der Waals surface area (Å²) in [5.41, 5.74) is 1.71. The number of hydrogen-bond acceptors (Lipinski definition) is 4. The average molecular weight is 349 g/mol. The van der Waals surface area contributed by atoms with Crippen LogP contribution in [0.3, 0.4) is 0 Å². The summed E-state index contributed by atoms with van der Waals surface area (Å²) in [4.78, 5) is 28.9. The fourth-order valence-corrected chi connectivity index (χ4v) is 2.41. The lowest BCUT2D eigenvalue weighted by Crippen LogP contribution is -2.25. The third-order valence-electron chi connectivity index (χ3n) is 3.86. The van der Waals surface area contributed by atoms with Crippen LogP contribution in [0, 0.1) is 0 Å². The molecule has 0 unspecified atom stereocenters. The fraction of sp³-hybridized carbons (Fsp3) is 0.150. The molecule has 0 bridgehead atoms. The van der Waals surface area contributed by atoms with Gasteiger partial charge in [-0.25, -0.2) is 9.78 Å². The van der Waals surface area contributed by atoms with Crippen LogP contribution in [0.1, 0.15) is 18.1 Å². The number of nitrogens with zero attached hydrogens (tertiary/aromatic N) is 2. The number of anilines is 1. The number of pyridine rings is 2. The molecule has 0 saturated heterocycles. The van der Waals surface area contributed by atoms with Gasteiger partial charge in [0.05, 0.1) is 0 Å². The number of rotatable bonds is 5. The van der Waals surface area contributed by atoms with Crippen molar-refractivity contribution in [1.29, 1.82) is 0 Å². The molecule has 0 atom stereocenters. The van der Waals surface area contributed by atoms with Crippen LogP contribution in [-0.2, 0) is 17.8 Å². The zero-order valence-electron chi connectivity index (χ0n) is 14.4. The molecule has 0 aliphatic carbocycles. The van der Waals surface area contributed by atoms with Crippen molar-refractivity contribution in [3.05, 3.63) is 88.5 Å². The molecule has 6 heteroatoms. The molecule has 132 valence electrons. The predicted octanol–water partition coefficient (Wildman–Crippen LogP) is 3.54. The van der Waals surface area contributed by atoms with Crippen LogP contribution in [0.2, 0.25) is 0 Å². The first-order valence-corrected chi connectivity index (χ1v) is 8.32. The van der Waals surface area contributed by atoms with E-state index in [-0.39, 0.29) is 17.9 Å². The van der Waals surface area contributed by atoms with Crippen molar-refractivity contribution >= 4 is 11.8 Å². The highest BCUT2D eigenvalue weighted by atomic mass is 16.5. The molecule has 0 spiro atoms. The first-order chi connectivity index (χ1) is 12.7. The quantitative estimate of drug-likeness (QED) is 0.764. The molecule has 2 aromatic heterocycles. The average Bonchev–Trinajstić information content (AvgIpc) is 2.69. The van der Waals surface area contributed by atoms with E-state index in [9.17, 15) is 9.59 Å². The van der Waals surface area contributed by atoms with Crippen molar-refractivity contribution < 1.29 is 9.53 Å². The maximum atomic E-state index is 12.6. The van der Waals surface area contributed by atoms with E-state index in [0.717, 1.165) is 17.5 Å². The summed E-state index contributed by atoms with van der Waals surface area (Å²) in [6.07, 6.45) is 3.53. The number of benzene rings is 1. The van der Waals surface area contributed by atoms with Gasteiger partial charge >= 0.3 is 6.09 Å². The van der Waals surface area contributed by atoms with Crippen LogP contribution in [0.5, 0.6) is 0 Å². The van der Waals surface area contributed by atoms with Gasteiger partial charge in [0.15, 0.2) is 0 Å². The Morgan fingerprint density at radius 1 is 1.08 bits per heavy atom. The van der Waals surface area contributed by atoms with Gasteiger partial charge in [0, 0.05) is 12.4 Å². The molecule has 3 rings (SSSR count). The highest BCUT2D eigenvalue weighted by Gasteiger charge is 2.10. The fourth-order valence-electron chi connectivity index (χ4n) is 2.41. The summed E-state index contributed by atoms with van der Waals surface area (Å²) in [6, 6.07) is 16.2. The van der Waals surface area contributed by atoms with E-state index in [4.69, 9.17) is 4.74 Å². The van der Waals surface area contributed by atoms with Crippen LogP contribution >= 0.6 is 0 Å². The monoisotopic (exact) mass is 349 g/mol. The van der Waals surface area contributed by atoms with Gasteiger partial charge < -0.3 is 4.74 Å². The van der Waals surface area contributed by atoms with Gasteiger partial charge in [-0.2, -0.15) is 0 Å². The van der Waals surface area contributed by atoms with Crippen LogP contribution < -0.4 is 10.9 Å². The Balaban J connectivity index is 1.72. The van der Waals surface area contributed by atoms with Crippen LogP contribution in [0.4, 0.5) is 10.5 Å². The van der Waals surface area contributed by atoms with Gasteiger partial charge in [-0.1, -0.05) is 43.3 Å². The summed E-state index contributed by atoms with van der Waals surface area (Å²) >= 11 is 0. The summed E-state index contributed by atoms with van der Waals surface area (Å²) < 4.78 is 6.53. The van der Waals surface area contributed by atoms with E-state index in [1.165, 1.54) is 10.6 Å². The number of carbonyl (C=O) groups excluding carboxylic acids is 1. The number of carbonyl (C=O) groups is 1. The summed E-state index contributed by atoms with van der Waals surface area (Å²) in [5.74, 6) is 0.494. The van der Waals surface area contributed by atoms with E-state index in [0.29, 0.717) is 5.82 Å². The molecule has 26 heavy (non-hydrogen) atoms. The molecule has 1 aromatic carbocycles. The van der Waals surface area contributed by atoms with Crippen molar-refractivity contribution in [3.63, 3.8) is 0 Å². The van der Waals surface area contributed by atoms with Gasteiger partial charge in [0.1, 0.15) is 18.1 Å². The minimum atomic E-state index is -0.682. The van der Waals surface area contributed by atoms with E-state index < -0.39 is 6.09 Å². The largest absolute Gasteiger partial charge is 0.444 e. The van der Waals surface area contributed by atoms with Crippen LogP contribution in [0.15, 0.2) is 71.8 Å². The maximum absolute atomic E-state index is 12.6. The van der Waals surface area contributed by atoms with E-state index >= 15 is 0 Å². The number of nitrogens with one attached hydrogen (secondary N) is 1. The molecular weight excluding hydrogens is 330 g/mol. The lowest BCUT2D eigenvalue weighted by molar-refractivity contribution is 0.155. The second-order valence-corrected chi connectivity index (χ2v) is 5.66. The first kappa shape index (κ1) is 17.4. The van der Waals surface area contributed by atoms with E-state index in [2.05, 4.69) is 10.3 Å². The highest BCUT2D eigenvalue weighted by Crippen LogP contribution is 2.08. The molecule has 0 radical (unpaired) electrons. The summed E-state index contributed by atoms with van der Waals surface area (Å²) in [5, 5.41) is 2.49. The topological polar surface area (TPSA) is 73.2 Å². The summed E-state index contributed by atoms with van der Waals surface area (Å²) in [6.45, 7) is 2.17. The highest BCUT2D eigenvalue weighted by molar-refractivity contribution is 5.84. The van der Waals surface area contributed by atoms with Crippen molar-refractivity contribution in [1.82, 2.24) is 9.55 Å². The standard InChI is InChI=1S/C20H19N3O3/c1-2-15-10-11-18(21-13-15)23-12-6-9-17(19(23)24)22-20(25)26-14-16-7-4-3-5-8-16/h3-13H,2,14H2,1H3,(H,22,25). The molecule has 3 aromatic rings. The lowest BCUT2D eigenvalue weighted by Gasteiger charge is -2.09. The third-order valence-corrected chi connectivity index (χ3v) is 3.86. The Hall–Kier alpha value is -3.41. The molecule has 6 nitrogen and oxygen atoms in total. The predicted molar refractivity (Wildman–Crippen MR) is 99.5 cm³/mol. The minimum absolute atomic E-state index is 0.131. The van der Waals surface area contributed by atoms with Crippen molar-refractivity contribution in [2.75, 3.05) is 5.32 Å². The number of aromatic nitrogens is 2. The molecule has 1 amide bonds. The third kappa shape index (κ3) is 4.16. The number of hydrogen-bond donors (Lipinski definition) is 1. The normalized spacial score (nSPS) is 10.3. The first-order valence-electron chi connectivity index (χ1n) is 8.32. The van der Waals surface area contributed by atoms with Gasteiger partial charge in [-0.15, -0.1) is 0 Å². The van der Waals surface area contributed by atoms with Gasteiger partial charge in [-0.05, 0) is 35.7 Å².